The Morgan fingerprint density at radius 2 is 1.44 bits per heavy atom. The van der Waals surface area contributed by atoms with Gasteiger partial charge in [-0.05, 0) is 62.7 Å². The Kier molecular flexibility index (Phi) is 9.70. The number of carbonyl (C=O) groups excluding carboxylic acids is 1. The maximum absolute atomic E-state index is 12.7. The minimum atomic E-state index is -1.26. The first kappa shape index (κ1) is 26.6. The van der Waals surface area contributed by atoms with Crippen molar-refractivity contribution < 1.29 is 29.3 Å². The number of carbonyl (C=O) groups is 3. The molecule has 0 aliphatic carbocycles. The lowest BCUT2D eigenvalue weighted by atomic mass is 9.96. The molecule has 0 saturated carbocycles. The van der Waals surface area contributed by atoms with Crippen molar-refractivity contribution in [3.05, 3.63) is 66.7 Å². The quantitative estimate of drug-likeness (QED) is 0.447. The molecule has 4 rings (SSSR count). The van der Waals surface area contributed by atoms with Crippen molar-refractivity contribution in [2.24, 2.45) is 10.2 Å². The van der Waals surface area contributed by atoms with E-state index in [1.165, 1.54) is 12.8 Å². The van der Waals surface area contributed by atoms with E-state index in [1.54, 1.807) is 24.3 Å². The lowest BCUT2D eigenvalue weighted by Crippen LogP contribution is -2.46. The van der Waals surface area contributed by atoms with E-state index in [-0.39, 0.29) is 6.09 Å². The van der Waals surface area contributed by atoms with E-state index in [0.717, 1.165) is 31.6 Å². The first-order valence-electron chi connectivity index (χ1n) is 11.7. The van der Waals surface area contributed by atoms with E-state index in [1.807, 2.05) is 35.2 Å². The molecule has 2 saturated heterocycles. The highest BCUT2D eigenvalue weighted by Gasteiger charge is 2.34. The molecule has 0 aromatic heterocycles. The second-order valence-corrected chi connectivity index (χ2v) is 8.55. The zero-order valence-electron chi connectivity index (χ0n) is 20.1. The van der Waals surface area contributed by atoms with Crippen LogP contribution in [0.2, 0.25) is 0 Å². The number of fused-ring (bicyclic) bond motifs is 2. The lowest BCUT2D eigenvalue weighted by molar-refractivity contribution is -0.134. The fraction of sp³-hybridized carbons (Fsp3) is 0.346. The van der Waals surface area contributed by atoms with Crippen molar-refractivity contribution in [3.63, 3.8) is 0 Å². The Hall–Kier alpha value is -4.05. The molecular formula is C26H30N4O6. The van der Waals surface area contributed by atoms with Gasteiger partial charge in [-0.25, -0.2) is 14.4 Å². The third kappa shape index (κ3) is 8.31. The Labute approximate surface area is 209 Å². The van der Waals surface area contributed by atoms with Gasteiger partial charge in [0, 0.05) is 37.3 Å². The minimum Gasteiger partial charge on any atom is -0.478 e. The fourth-order valence-corrected chi connectivity index (χ4v) is 4.18. The molecule has 190 valence electrons. The van der Waals surface area contributed by atoms with Crippen molar-refractivity contribution in [2.45, 2.75) is 37.8 Å². The topological polar surface area (TPSA) is 132 Å². The minimum absolute atomic E-state index is 0.264. The summed E-state index contributed by atoms with van der Waals surface area (Å²) in [5.41, 5.74) is 1.52. The SMILES string of the molecule is CN1C2CCCC1CN(C(=O)Oc1ccc(N=Nc3ccccc3)cc1)CC2.O=C(O)/C=C/C(=O)O. The van der Waals surface area contributed by atoms with Crippen LogP contribution in [0.4, 0.5) is 16.2 Å². The van der Waals surface area contributed by atoms with Gasteiger partial charge in [0.25, 0.3) is 0 Å². The summed E-state index contributed by atoms with van der Waals surface area (Å²) in [5.74, 6) is -1.98. The van der Waals surface area contributed by atoms with Crippen molar-refractivity contribution in [1.82, 2.24) is 9.80 Å². The van der Waals surface area contributed by atoms with E-state index in [9.17, 15) is 14.4 Å². The summed E-state index contributed by atoms with van der Waals surface area (Å²) >= 11 is 0. The van der Waals surface area contributed by atoms with E-state index < -0.39 is 11.9 Å². The molecule has 2 unspecified atom stereocenters. The van der Waals surface area contributed by atoms with Crippen LogP contribution in [0.5, 0.6) is 5.75 Å². The van der Waals surface area contributed by atoms with Crippen molar-refractivity contribution >= 4 is 29.4 Å². The average Bonchev–Trinajstić information content (AvgIpc) is 2.94. The summed E-state index contributed by atoms with van der Waals surface area (Å²) < 4.78 is 5.61. The average molecular weight is 495 g/mol. The predicted octanol–water partition coefficient (Wildman–Crippen LogP) is 4.87. The molecule has 0 spiro atoms. The summed E-state index contributed by atoms with van der Waals surface area (Å²) in [5, 5.41) is 24.0. The summed E-state index contributed by atoms with van der Waals surface area (Å²) in [6.45, 7) is 1.50. The Morgan fingerprint density at radius 3 is 2.06 bits per heavy atom. The molecule has 2 heterocycles. The van der Waals surface area contributed by atoms with Gasteiger partial charge in [0.1, 0.15) is 5.75 Å². The molecule has 2 aromatic carbocycles. The smallest absolute Gasteiger partial charge is 0.415 e. The molecule has 2 aliphatic heterocycles. The molecule has 36 heavy (non-hydrogen) atoms. The molecule has 2 aliphatic rings. The summed E-state index contributed by atoms with van der Waals surface area (Å²) in [7, 11) is 2.19. The van der Waals surface area contributed by atoms with Crippen LogP contribution >= 0.6 is 0 Å². The molecule has 2 N–H and O–H groups in total. The number of aliphatic carboxylic acids is 2. The molecule has 0 radical (unpaired) electrons. The third-order valence-electron chi connectivity index (χ3n) is 6.10. The maximum Gasteiger partial charge on any atom is 0.415 e. The van der Waals surface area contributed by atoms with Gasteiger partial charge in [0.05, 0.1) is 11.4 Å². The summed E-state index contributed by atoms with van der Waals surface area (Å²) in [4.78, 5) is 36.1. The van der Waals surface area contributed by atoms with Gasteiger partial charge in [0.2, 0.25) is 0 Å². The number of hydrogen-bond acceptors (Lipinski definition) is 7. The Balaban J connectivity index is 0.000000392. The molecule has 2 fully saturated rings. The number of carboxylic acid groups (broad SMARTS) is 2. The molecule has 2 aromatic rings. The molecule has 1 amide bonds. The van der Waals surface area contributed by atoms with Gasteiger partial charge in [-0.15, -0.1) is 0 Å². The second-order valence-electron chi connectivity index (χ2n) is 8.55. The Bertz CT molecular complexity index is 1070. The third-order valence-corrected chi connectivity index (χ3v) is 6.10. The van der Waals surface area contributed by atoms with Gasteiger partial charge in [-0.1, -0.05) is 24.6 Å². The monoisotopic (exact) mass is 494 g/mol. The fourth-order valence-electron chi connectivity index (χ4n) is 4.18. The number of likely N-dealkylation sites (N-methyl/N-ethyl adjacent to an activating group) is 1. The van der Waals surface area contributed by atoms with Crippen LogP contribution in [-0.4, -0.2) is 70.3 Å². The molecule has 10 nitrogen and oxygen atoms in total. The van der Waals surface area contributed by atoms with Crippen molar-refractivity contribution in [2.75, 3.05) is 20.1 Å². The van der Waals surface area contributed by atoms with Crippen LogP contribution in [-0.2, 0) is 9.59 Å². The van der Waals surface area contributed by atoms with E-state index in [2.05, 4.69) is 22.2 Å². The van der Waals surface area contributed by atoms with Gasteiger partial charge >= 0.3 is 18.0 Å². The van der Waals surface area contributed by atoms with Crippen molar-refractivity contribution in [1.29, 1.82) is 0 Å². The van der Waals surface area contributed by atoms with Crippen LogP contribution in [0.3, 0.4) is 0 Å². The molecule has 10 heteroatoms. The number of amides is 1. The lowest BCUT2D eigenvalue weighted by Gasteiger charge is -2.37. The zero-order chi connectivity index (χ0) is 25.9. The molecule has 2 atom stereocenters. The summed E-state index contributed by atoms with van der Waals surface area (Å²) in [6.07, 6.45) is 5.50. The van der Waals surface area contributed by atoms with Crippen LogP contribution in [0.15, 0.2) is 77.0 Å². The van der Waals surface area contributed by atoms with Crippen LogP contribution in [0.1, 0.15) is 25.7 Å². The predicted molar refractivity (Wildman–Crippen MR) is 133 cm³/mol. The molecule has 2 bridgehead atoms. The van der Waals surface area contributed by atoms with Gasteiger partial charge in [-0.2, -0.15) is 10.2 Å². The number of carboxylic acids is 2. The van der Waals surface area contributed by atoms with Gasteiger partial charge in [-0.3, -0.25) is 4.90 Å². The molecular weight excluding hydrogens is 464 g/mol. The summed E-state index contributed by atoms with van der Waals surface area (Å²) in [6, 6.07) is 17.7. The number of rotatable bonds is 5. The van der Waals surface area contributed by atoms with Crippen LogP contribution in [0.25, 0.3) is 0 Å². The number of hydrogen-bond donors (Lipinski definition) is 2. The number of nitrogens with zero attached hydrogens (tertiary/aromatic N) is 4. The van der Waals surface area contributed by atoms with E-state index in [0.29, 0.717) is 35.7 Å². The van der Waals surface area contributed by atoms with Gasteiger partial charge < -0.3 is 19.8 Å². The zero-order valence-corrected chi connectivity index (χ0v) is 20.1. The number of ether oxygens (including phenoxy) is 1. The van der Waals surface area contributed by atoms with E-state index >= 15 is 0 Å². The first-order chi connectivity index (χ1) is 17.3. The highest BCUT2D eigenvalue weighted by atomic mass is 16.6. The van der Waals surface area contributed by atoms with Gasteiger partial charge in [0.15, 0.2) is 0 Å². The van der Waals surface area contributed by atoms with E-state index in [4.69, 9.17) is 14.9 Å². The Morgan fingerprint density at radius 1 is 0.861 bits per heavy atom. The largest absolute Gasteiger partial charge is 0.478 e. The van der Waals surface area contributed by atoms with Crippen molar-refractivity contribution in [3.8, 4) is 5.75 Å². The number of azo groups is 1. The van der Waals surface area contributed by atoms with Crippen LogP contribution < -0.4 is 4.74 Å². The number of benzene rings is 2. The normalized spacial score (nSPS) is 19.9. The number of piperidine rings is 1. The maximum atomic E-state index is 12.7. The highest BCUT2D eigenvalue weighted by Crippen LogP contribution is 2.28. The standard InChI is InChI=1S/C22H26N4O2.C4H4O4/c1-25-19-8-5-9-20(25)16-26(15-14-19)22(27)28-21-12-10-18(11-13-21)24-23-17-6-3-2-4-7-17;5-3(6)1-2-4(7)8/h2-4,6-7,10-13,19-20H,5,8-9,14-16H2,1H3;1-2H,(H,5,6)(H,7,8)/b;2-1+. The first-order valence-corrected chi connectivity index (χ1v) is 11.7. The van der Waals surface area contributed by atoms with Crippen LogP contribution in [0, 0.1) is 0 Å². The highest BCUT2D eigenvalue weighted by molar-refractivity contribution is 5.89. The second kappa shape index (κ2) is 13.1.